The predicted molar refractivity (Wildman–Crippen MR) is 60.0 cm³/mol. The fraction of sp³-hybridized carbons (Fsp3) is 0.417. The number of hydrogen-bond acceptors (Lipinski definition) is 3. The third-order valence-corrected chi connectivity index (χ3v) is 3.30. The molecule has 1 aromatic carbocycles. The lowest BCUT2D eigenvalue weighted by atomic mass is 10.2. The second-order valence-corrected chi connectivity index (χ2v) is 4.29. The van der Waals surface area contributed by atoms with Crippen LogP contribution < -0.4 is 10.6 Å². The SMILES string of the molecule is NCc1ccc(N2C(=O)C3CC2CO3)cc1. The van der Waals surface area contributed by atoms with Crippen LogP contribution in [0.25, 0.3) is 0 Å². The minimum atomic E-state index is -0.209. The van der Waals surface area contributed by atoms with Crippen LogP contribution in [-0.2, 0) is 16.1 Å². The van der Waals surface area contributed by atoms with Gasteiger partial charge < -0.3 is 15.4 Å². The first-order valence-corrected chi connectivity index (χ1v) is 5.53. The maximum Gasteiger partial charge on any atom is 0.256 e. The molecule has 3 rings (SSSR count). The van der Waals surface area contributed by atoms with Crippen molar-refractivity contribution in [2.24, 2.45) is 5.73 Å². The van der Waals surface area contributed by atoms with Gasteiger partial charge in [-0.3, -0.25) is 4.79 Å². The quantitative estimate of drug-likeness (QED) is 0.793. The number of hydrogen-bond donors (Lipinski definition) is 1. The van der Waals surface area contributed by atoms with Crippen molar-refractivity contribution >= 4 is 11.6 Å². The molecule has 4 heteroatoms. The molecular formula is C12H14N2O2. The fourth-order valence-corrected chi connectivity index (χ4v) is 2.43. The van der Waals surface area contributed by atoms with E-state index in [0.717, 1.165) is 17.7 Å². The third-order valence-electron chi connectivity index (χ3n) is 3.30. The number of nitrogens with two attached hydrogens (primary N) is 1. The molecule has 2 atom stereocenters. The molecule has 2 unspecified atom stereocenters. The molecule has 2 fully saturated rings. The number of rotatable bonds is 2. The highest BCUT2D eigenvalue weighted by molar-refractivity contribution is 6.00. The molecule has 1 aromatic rings. The molecule has 2 heterocycles. The molecule has 0 saturated carbocycles. The van der Waals surface area contributed by atoms with Crippen LogP contribution in [0, 0.1) is 0 Å². The number of morpholine rings is 1. The lowest BCUT2D eigenvalue weighted by Crippen LogP contribution is -2.41. The molecule has 2 aliphatic rings. The van der Waals surface area contributed by atoms with Crippen LogP contribution in [0.2, 0.25) is 0 Å². The summed E-state index contributed by atoms with van der Waals surface area (Å²) in [6.45, 7) is 1.19. The molecule has 16 heavy (non-hydrogen) atoms. The van der Waals surface area contributed by atoms with E-state index in [2.05, 4.69) is 0 Å². The standard InChI is InChI=1S/C12H14N2O2/c13-6-8-1-3-9(4-2-8)14-10-5-11(12(14)15)16-7-10/h1-4,10-11H,5-7,13H2. The van der Waals surface area contributed by atoms with Gasteiger partial charge >= 0.3 is 0 Å². The molecule has 0 radical (unpaired) electrons. The van der Waals surface area contributed by atoms with E-state index in [4.69, 9.17) is 10.5 Å². The zero-order valence-electron chi connectivity index (χ0n) is 8.93. The van der Waals surface area contributed by atoms with E-state index in [9.17, 15) is 4.79 Å². The van der Waals surface area contributed by atoms with Gasteiger partial charge in [0.1, 0.15) is 6.10 Å². The van der Waals surface area contributed by atoms with Crippen molar-refractivity contribution in [1.82, 2.24) is 0 Å². The molecule has 0 aliphatic carbocycles. The van der Waals surface area contributed by atoms with Gasteiger partial charge in [-0.15, -0.1) is 0 Å². The Morgan fingerprint density at radius 1 is 1.38 bits per heavy atom. The van der Waals surface area contributed by atoms with E-state index in [1.807, 2.05) is 29.2 Å². The maximum atomic E-state index is 11.9. The summed E-state index contributed by atoms with van der Waals surface area (Å²) in [5.41, 5.74) is 7.58. The van der Waals surface area contributed by atoms with Crippen molar-refractivity contribution < 1.29 is 9.53 Å². The largest absolute Gasteiger partial charge is 0.366 e. The van der Waals surface area contributed by atoms with Crippen LogP contribution in [-0.4, -0.2) is 24.7 Å². The van der Waals surface area contributed by atoms with Crippen molar-refractivity contribution in [2.45, 2.75) is 25.1 Å². The van der Waals surface area contributed by atoms with Crippen LogP contribution in [0.3, 0.4) is 0 Å². The number of anilines is 1. The third kappa shape index (κ3) is 1.34. The second kappa shape index (κ2) is 3.57. The summed E-state index contributed by atoms with van der Waals surface area (Å²) in [5.74, 6) is 0.0942. The van der Waals surface area contributed by atoms with Crippen molar-refractivity contribution in [2.75, 3.05) is 11.5 Å². The summed E-state index contributed by atoms with van der Waals surface area (Å²) in [4.78, 5) is 13.8. The van der Waals surface area contributed by atoms with Gasteiger partial charge in [0.25, 0.3) is 5.91 Å². The monoisotopic (exact) mass is 218 g/mol. The molecule has 84 valence electrons. The summed E-state index contributed by atoms with van der Waals surface area (Å²) < 4.78 is 5.35. The van der Waals surface area contributed by atoms with E-state index >= 15 is 0 Å². The number of fused-ring (bicyclic) bond motifs is 2. The first kappa shape index (κ1) is 9.81. The van der Waals surface area contributed by atoms with Crippen molar-refractivity contribution in [1.29, 1.82) is 0 Å². The zero-order chi connectivity index (χ0) is 11.1. The lowest BCUT2D eigenvalue weighted by Gasteiger charge is -2.27. The molecular weight excluding hydrogens is 204 g/mol. The van der Waals surface area contributed by atoms with Crippen LogP contribution in [0.1, 0.15) is 12.0 Å². The number of benzene rings is 1. The van der Waals surface area contributed by atoms with Crippen LogP contribution >= 0.6 is 0 Å². The highest BCUT2D eigenvalue weighted by Gasteiger charge is 2.46. The number of ether oxygens (including phenoxy) is 1. The van der Waals surface area contributed by atoms with E-state index in [1.54, 1.807) is 0 Å². The molecule has 2 bridgehead atoms. The molecule has 2 N–H and O–H groups in total. The summed E-state index contributed by atoms with van der Waals surface area (Å²) in [6, 6.07) is 8.08. The number of nitrogens with zero attached hydrogens (tertiary/aromatic N) is 1. The average molecular weight is 218 g/mol. The Bertz CT molecular complexity index is 416. The predicted octanol–water partition coefficient (Wildman–Crippen LogP) is 0.649. The number of amides is 1. The Balaban J connectivity index is 1.89. The fourth-order valence-electron chi connectivity index (χ4n) is 2.43. The van der Waals surface area contributed by atoms with Crippen LogP contribution in [0.4, 0.5) is 5.69 Å². The van der Waals surface area contributed by atoms with Gasteiger partial charge in [-0.05, 0) is 17.7 Å². The maximum absolute atomic E-state index is 11.9. The van der Waals surface area contributed by atoms with Gasteiger partial charge in [-0.25, -0.2) is 0 Å². The van der Waals surface area contributed by atoms with Crippen molar-refractivity contribution in [3.63, 3.8) is 0 Å². The topological polar surface area (TPSA) is 55.6 Å². The second-order valence-electron chi connectivity index (χ2n) is 4.29. The van der Waals surface area contributed by atoms with Gasteiger partial charge in [-0.2, -0.15) is 0 Å². The van der Waals surface area contributed by atoms with E-state index in [1.165, 1.54) is 0 Å². The Kier molecular flexibility index (Phi) is 2.19. The molecule has 0 aromatic heterocycles. The summed E-state index contributed by atoms with van der Waals surface area (Å²) in [5, 5.41) is 0. The Morgan fingerprint density at radius 3 is 2.69 bits per heavy atom. The summed E-state index contributed by atoms with van der Waals surface area (Å²) in [7, 11) is 0. The van der Waals surface area contributed by atoms with Gasteiger partial charge in [0.05, 0.1) is 12.6 Å². The first-order valence-electron chi connectivity index (χ1n) is 5.53. The Labute approximate surface area is 94.0 Å². The molecule has 0 spiro atoms. The summed E-state index contributed by atoms with van der Waals surface area (Å²) >= 11 is 0. The van der Waals surface area contributed by atoms with Gasteiger partial charge in [-0.1, -0.05) is 12.1 Å². The van der Waals surface area contributed by atoms with Crippen molar-refractivity contribution in [3.8, 4) is 0 Å². The van der Waals surface area contributed by atoms with E-state index in [-0.39, 0.29) is 18.1 Å². The zero-order valence-corrected chi connectivity index (χ0v) is 8.93. The van der Waals surface area contributed by atoms with E-state index < -0.39 is 0 Å². The smallest absolute Gasteiger partial charge is 0.256 e. The number of carbonyl (C=O) groups is 1. The molecule has 2 aliphatic heterocycles. The highest BCUT2D eigenvalue weighted by atomic mass is 16.5. The van der Waals surface area contributed by atoms with Gasteiger partial charge in [0.2, 0.25) is 0 Å². The Hall–Kier alpha value is -1.39. The van der Waals surface area contributed by atoms with Crippen LogP contribution in [0.5, 0.6) is 0 Å². The molecule has 1 amide bonds. The van der Waals surface area contributed by atoms with Gasteiger partial charge in [0, 0.05) is 18.7 Å². The normalized spacial score (nSPS) is 27.8. The van der Waals surface area contributed by atoms with E-state index in [0.29, 0.717) is 13.2 Å². The van der Waals surface area contributed by atoms with Crippen LogP contribution in [0.15, 0.2) is 24.3 Å². The first-order chi connectivity index (χ1) is 7.79. The molecule has 4 nitrogen and oxygen atoms in total. The minimum absolute atomic E-state index is 0.0942. The lowest BCUT2D eigenvalue weighted by molar-refractivity contribution is -0.128. The minimum Gasteiger partial charge on any atom is -0.366 e. The number of carbonyl (C=O) groups excluding carboxylic acids is 1. The Morgan fingerprint density at radius 2 is 2.12 bits per heavy atom. The molecule has 2 saturated heterocycles. The average Bonchev–Trinajstić information content (AvgIpc) is 2.90. The van der Waals surface area contributed by atoms with Crippen molar-refractivity contribution in [3.05, 3.63) is 29.8 Å². The highest BCUT2D eigenvalue weighted by Crippen LogP contribution is 2.33. The summed E-state index contributed by atoms with van der Waals surface area (Å²) in [6.07, 6.45) is 0.622. The van der Waals surface area contributed by atoms with Gasteiger partial charge in [0.15, 0.2) is 0 Å².